The van der Waals surface area contributed by atoms with E-state index in [1.165, 1.54) is 0 Å². The van der Waals surface area contributed by atoms with Crippen molar-refractivity contribution in [2.24, 2.45) is 7.05 Å². The van der Waals surface area contributed by atoms with Crippen LogP contribution in [0.5, 0.6) is 0 Å². The van der Waals surface area contributed by atoms with Gasteiger partial charge in [0.05, 0.1) is 10.7 Å². The summed E-state index contributed by atoms with van der Waals surface area (Å²) in [6, 6.07) is 12.2. The number of hydrogen-bond donors (Lipinski definition) is 1. The van der Waals surface area contributed by atoms with Crippen LogP contribution in [0, 0.1) is 0 Å². The number of fused-ring (bicyclic) bond motifs is 1. The fraction of sp³-hybridized carbons (Fsp3) is 0.0625. The van der Waals surface area contributed by atoms with Crippen LogP contribution in [-0.4, -0.2) is 10.5 Å². The number of benzene rings is 2. The van der Waals surface area contributed by atoms with E-state index in [2.05, 4.69) is 5.32 Å². The summed E-state index contributed by atoms with van der Waals surface area (Å²) >= 11 is 18.2. The lowest BCUT2D eigenvalue weighted by molar-refractivity contribution is 0.102. The second-order valence-corrected chi connectivity index (χ2v) is 6.09. The lowest BCUT2D eigenvalue weighted by atomic mass is 10.2. The monoisotopic (exact) mass is 352 g/mol. The van der Waals surface area contributed by atoms with E-state index >= 15 is 0 Å². The standard InChI is InChI=1S/C16H11Cl3N2O/c1-21-14-4-2-3-11(18)10(14)8-15(21)16(22)20-13-7-9(17)5-6-12(13)19/h2-8H,1H3,(H,20,22). The van der Waals surface area contributed by atoms with Crippen molar-refractivity contribution in [1.29, 1.82) is 0 Å². The largest absolute Gasteiger partial charge is 0.340 e. The van der Waals surface area contributed by atoms with E-state index in [1.54, 1.807) is 34.9 Å². The molecular formula is C16H11Cl3N2O. The molecule has 1 heterocycles. The Hall–Kier alpha value is -1.68. The molecule has 0 unspecified atom stereocenters. The zero-order valence-electron chi connectivity index (χ0n) is 11.5. The van der Waals surface area contributed by atoms with Crippen LogP contribution in [0.15, 0.2) is 42.5 Å². The average molecular weight is 354 g/mol. The molecule has 2 aromatic carbocycles. The molecule has 1 amide bonds. The summed E-state index contributed by atoms with van der Waals surface area (Å²) in [5.41, 5.74) is 1.84. The first-order valence-corrected chi connectivity index (χ1v) is 7.61. The maximum Gasteiger partial charge on any atom is 0.272 e. The first kappa shape index (κ1) is 15.2. The molecule has 112 valence electrons. The fourth-order valence-electron chi connectivity index (χ4n) is 2.32. The van der Waals surface area contributed by atoms with Gasteiger partial charge in [-0.15, -0.1) is 0 Å². The van der Waals surface area contributed by atoms with Crippen molar-refractivity contribution in [3.05, 3.63) is 63.2 Å². The van der Waals surface area contributed by atoms with Gasteiger partial charge in [-0.3, -0.25) is 4.79 Å². The first-order chi connectivity index (χ1) is 10.5. The summed E-state index contributed by atoms with van der Waals surface area (Å²) in [7, 11) is 1.81. The number of carbonyl (C=O) groups is 1. The number of anilines is 1. The summed E-state index contributed by atoms with van der Waals surface area (Å²) in [5.74, 6) is -0.279. The normalized spacial score (nSPS) is 10.9. The third-order valence-electron chi connectivity index (χ3n) is 3.44. The van der Waals surface area contributed by atoms with Gasteiger partial charge < -0.3 is 9.88 Å². The summed E-state index contributed by atoms with van der Waals surface area (Å²) < 4.78 is 1.79. The minimum Gasteiger partial charge on any atom is -0.340 e. The van der Waals surface area contributed by atoms with Crippen molar-refractivity contribution in [3.63, 3.8) is 0 Å². The summed E-state index contributed by atoms with van der Waals surface area (Å²) in [4.78, 5) is 12.5. The molecule has 0 aliphatic carbocycles. The zero-order chi connectivity index (χ0) is 15.9. The van der Waals surface area contributed by atoms with E-state index < -0.39 is 0 Å². The van der Waals surface area contributed by atoms with Crippen molar-refractivity contribution in [2.45, 2.75) is 0 Å². The van der Waals surface area contributed by atoms with Crippen LogP contribution in [0.1, 0.15) is 10.5 Å². The third kappa shape index (κ3) is 2.68. The Morgan fingerprint density at radius 3 is 2.55 bits per heavy atom. The summed E-state index contributed by atoms with van der Waals surface area (Å²) in [6.07, 6.45) is 0. The Labute approximate surface area is 142 Å². The molecule has 3 aromatic rings. The second kappa shape index (κ2) is 5.84. The highest BCUT2D eigenvalue weighted by atomic mass is 35.5. The number of amides is 1. The van der Waals surface area contributed by atoms with Crippen LogP contribution in [-0.2, 0) is 7.05 Å². The number of aromatic nitrogens is 1. The minimum absolute atomic E-state index is 0.279. The van der Waals surface area contributed by atoms with Gasteiger partial charge in [0.2, 0.25) is 0 Å². The number of nitrogens with zero attached hydrogens (tertiary/aromatic N) is 1. The van der Waals surface area contributed by atoms with Crippen LogP contribution in [0.2, 0.25) is 15.1 Å². The highest BCUT2D eigenvalue weighted by Gasteiger charge is 2.16. The van der Waals surface area contributed by atoms with E-state index in [0.29, 0.717) is 26.4 Å². The zero-order valence-corrected chi connectivity index (χ0v) is 13.8. The van der Waals surface area contributed by atoms with Gasteiger partial charge in [-0.2, -0.15) is 0 Å². The molecule has 0 saturated heterocycles. The molecule has 1 aromatic heterocycles. The third-order valence-corrected chi connectivity index (χ3v) is 4.34. The quantitative estimate of drug-likeness (QED) is 0.658. The van der Waals surface area contributed by atoms with Crippen molar-refractivity contribution >= 4 is 57.3 Å². The highest BCUT2D eigenvalue weighted by Crippen LogP contribution is 2.28. The molecule has 0 spiro atoms. The molecule has 0 radical (unpaired) electrons. The lowest BCUT2D eigenvalue weighted by Gasteiger charge is -2.08. The number of carbonyl (C=O) groups excluding carboxylic acids is 1. The molecular weight excluding hydrogens is 343 g/mol. The van der Waals surface area contributed by atoms with Gasteiger partial charge in [0, 0.05) is 28.0 Å². The number of rotatable bonds is 2. The van der Waals surface area contributed by atoms with Crippen molar-refractivity contribution < 1.29 is 4.79 Å². The van der Waals surface area contributed by atoms with Crippen LogP contribution in [0.3, 0.4) is 0 Å². The van der Waals surface area contributed by atoms with Crippen LogP contribution < -0.4 is 5.32 Å². The molecule has 1 N–H and O–H groups in total. The molecule has 3 rings (SSSR count). The van der Waals surface area contributed by atoms with Gasteiger partial charge in [-0.05, 0) is 36.4 Å². The maximum atomic E-state index is 12.5. The van der Waals surface area contributed by atoms with Gasteiger partial charge in [-0.1, -0.05) is 40.9 Å². The molecule has 6 heteroatoms. The van der Waals surface area contributed by atoms with E-state index in [-0.39, 0.29) is 5.91 Å². The SMILES string of the molecule is Cn1c(C(=O)Nc2cc(Cl)ccc2Cl)cc2c(Cl)cccc21. The summed E-state index contributed by atoms with van der Waals surface area (Å²) in [5, 5.41) is 5.13. The first-order valence-electron chi connectivity index (χ1n) is 6.47. The van der Waals surface area contributed by atoms with E-state index in [0.717, 1.165) is 10.9 Å². The van der Waals surface area contributed by atoms with Gasteiger partial charge in [0.1, 0.15) is 5.69 Å². The highest BCUT2D eigenvalue weighted by molar-refractivity contribution is 6.36. The van der Waals surface area contributed by atoms with Crippen LogP contribution >= 0.6 is 34.8 Å². The van der Waals surface area contributed by atoms with Crippen molar-refractivity contribution in [3.8, 4) is 0 Å². The molecule has 0 atom stereocenters. The number of aryl methyl sites for hydroxylation is 1. The molecule has 22 heavy (non-hydrogen) atoms. The fourth-order valence-corrected chi connectivity index (χ4v) is 2.88. The molecule has 0 fully saturated rings. The van der Waals surface area contributed by atoms with E-state index in [1.807, 2.05) is 19.2 Å². The van der Waals surface area contributed by atoms with Gasteiger partial charge in [0.25, 0.3) is 5.91 Å². The van der Waals surface area contributed by atoms with Gasteiger partial charge >= 0.3 is 0 Å². The Bertz CT molecular complexity index is 886. The number of hydrogen-bond acceptors (Lipinski definition) is 1. The molecule has 0 bridgehead atoms. The number of halogens is 3. The number of nitrogens with one attached hydrogen (secondary N) is 1. The van der Waals surface area contributed by atoms with Crippen LogP contribution in [0.25, 0.3) is 10.9 Å². The van der Waals surface area contributed by atoms with E-state index in [9.17, 15) is 4.79 Å². The molecule has 0 saturated carbocycles. The average Bonchev–Trinajstić information content (AvgIpc) is 2.82. The Balaban J connectivity index is 2.01. The predicted octanol–water partition coefficient (Wildman–Crippen LogP) is 5.39. The Morgan fingerprint density at radius 1 is 1.05 bits per heavy atom. The van der Waals surface area contributed by atoms with Crippen LogP contribution in [0.4, 0.5) is 5.69 Å². The van der Waals surface area contributed by atoms with Crippen molar-refractivity contribution in [1.82, 2.24) is 4.57 Å². The molecule has 0 aliphatic heterocycles. The van der Waals surface area contributed by atoms with Gasteiger partial charge in [0.15, 0.2) is 0 Å². The van der Waals surface area contributed by atoms with Gasteiger partial charge in [-0.25, -0.2) is 0 Å². The van der Waals surface area contributed by atoms with Crippen molar-refractivity contribution in [2.75, 3.05) is 5.32 Å². The predicted molar refractivity (Wildman–Crippen MR) is 92.3 cm³/mol. The summed E-state index contributed by atoms with van der Waals surface area (Å²) in [6.45, 7) is 0. The maximum absolute atomic E-state index is 12.5. The minimum atomic E-state index is -0.279. The smallest absolute Gasteiger partial charge is 0.272 e. The lowest BCUT2D eigenvalue weighted by Crippen LogP contribution is -2.15. The van der Waals surface area contributed by atoms with E-state index in [4.69, 9.17) is 34.8 Å². The molecule has 0 aliphatic rings. The second-order valence-electron chi connectivity index (χ2n) is 4.84. The Morgan fingerprint density at radius 2 is 1.82 bits per heavy atom. The molecule has 3 nitrogen and oxygen atoms in total. The topological polar surface area (TPSA) is 34.0 Å². The Kier molecular flexibility index (Phi) is 4.04.